The van der Waals surface area contributed by atoms with Gasteiger partial charge in [-0.2, -0.15) is 0 Å². The molecule has 2 rings (SSSR count). The summed E-state index contributed by atoms with van der Waals surface area (Å²) in [6.07, 6.45) is 1.87. The highest BCUT2D eigenvalue weighted by Crippen LogP contribution is 2.23. The topological polar surface area (TPSA) is 50.9 Å². The van der Waals surface area contributed by atoms with Gasteiger partial charge in [0.1, 0.15) is 5.82 Å². The molecule has 1 aromatic carbocycles. The molecule has 3 N–H and O–H groups in total. The molecule has 0 spiro atoms. The summed E-state index contributed by atoms with van der Waals surface area (Å²) in [5.41, 5.74) is 9.65. The van der Waals surface area contributed by atoms with Crippen LogP contribution >= 0.6 is 0 Å². The van der Waals surface area contributed by atoms with Crippen molar-refractivity contribution in [2.45, 2.75) is 32.9 Å². The molecule has 1 heterocycles. The number of hydrogen-bond acceptors (Lipinski definition) is 3. The Bertz CT molecular complexity index is 535. The lowest BCUT2D eigenvalue weighted by atomic mass is 9.97. The molecule has 0 aliphatic carbocycles. The monoisotopic (exact) mass is 255 g/mol. The average Bonchev–Trinajstić information content (AvgIpc) is 2.38. The maximum Gasteiger partial charge on any atom is 0.126 e. The zero-order valence-corrected chi connectivity index (χ0v) is 11.7. The molecule has 2 aromatic rings. The summed E-state index contributed by atoms with van der Waals surface area (Å²) < 4.78 is 0. The van der Waals surface area contributed by atoms with E-state index in [0.717, 1.165) is 22.5 Å². The molecule has 3 nitrogen and oxygen atoms in total. The van der Waals surface area contributed by atoms with Crippen LogP contribution in [-0.2, 0) is 0 Å². The maximum atomic E-state index is 6.31. The summed E-state index contributed by atoms with van der Waals surface area (Å²) in [6.45, 7) is 6.27. The first-order valence-electron chi connectivity index (χ1n) is 6.61. The Labute approximate surface area is 114 Å². The number of nitrogens with one attached hydrogen (secondary N) is 1. The molecule has 1 aromatic heterocycles. The van der Waals surface area contributed by atoms with Gasteiger partial charge in [-0.1, -0.05) is 30.3 Å². The molecule has 0 saturated carbocycles. The number of hydrogen-bond donors (Lipinski definition) is 2. The van der Waals surface area contributed by atoms with Gasteiger partial charge in [0, 0.05) is 12.2 Å². The maximum absolute atomic E-state index is 6.31. The molecule has 0 saturated heterocycles. The third-order valence-corrected chi connectivity index (χ3v) is 3.08. The molecule has 100 valence electrons. The van der Waals surface area contributed by atoms with Crippen molar-refractivity contribution in [3.05, 3.63) is 59.3 Å². The van der Waals surface area contributed by atoms with Gasteiger partial charge in [0.05, 0.1) is 6.04 Å². The minimum absolute atomic E-state index is 0.123. The lowest BCUT2D eigenvalue weighted by molar-refractivity contribution is 0.846. The van der Waals surface area contributed by atoms with E-state index in [1.165, 1.54) is 0 Å². The number of aryl methyl sites for hydroxylation is 1. The van der Waals surface area contributed by atoms with Crippen LogP contribution in [0.25, 0.3) is 0 Å². The van der Waals surface area contributed by atoms with Gasteiger partial charge in [0.25, 0.3) is 0 Å². The third-order valence-electron chi connectivity index (χ3n) is 3.08. The van der Waals surface area contributed by atoms with Crippen molar-refractivity contribution in [1.82, 2.24) is 4.98 Å². The zero-order chi connectivity index (χ0) is 13.8. The van der Waals surface area contributed by atoms with Crippen LogP contribution in [0.2, 0.25) is 0 Å². The minimum Gasteiger partial charge on any atom is -0.368 e. The highest BCUT2D eigenvalue weighted by molar-refractivity contribution is 5.44. The van der Waals surface area contributed by atoms with Gasteiger partial charge < -0.3 is 11.1 Å². The molecule has 0 radical (unpaired) electrons. The van der Waals surface area contributed by atoms with Crippen LogP contribution in [-0.4, -0.2) is 11.0 Å². The van der Waals surface area contributed by atoms with Gasteiger partial charge in [-0.25, -0.2) is 4.98 Å². The molecule has 0 fully saturated rings. The molecule has 0 aliphatic heterocycles. The summed E-state index contributed by atoms with van der Waals surface area (Å²) in [7, 11) is 0. The largest absolute Gasteiger partial charge is 0.368 e. The first kappa shape index (κ1) is 13.6. The van der Waals surface area contributed by atoms with E-state index >= 15 is 0 Å². The molecule has 0 unspecified atom stereocenters. The van der Waals surface area contributed by atoms with Crippen LogP contribution in [0.3, 0.4) is 0 Å². The summed E-state index contributed by atoms with van der Waals surface area (Å²) in [4.78, 5) is 4.44. The number of pyridine rings is 1. The van der Waals surface area contributed by atoms with Crippen LogP contribution in [0.1, 0.15) is 36.6 Å². The van der Waals surface area contributed by atoms with E-state index in [4.69, 9.17) is 5.73 Å². The Morgan fingerprint density at radius 2 is 1.84 bits per heavy atom. The van der Waals surface area contributed by atoms with E-state index in [1.807, 2.05) is 36.5 Å². The van der Waals surface area contributed by atoms with Gasteiger partial charge in [-0.3, -0.25) is 0 Å². The third kappa shape index (κ3) is 3.32. The van der Waals surface area contributed by atoms with Crippen LogP contribution in [0.4, 0.5) is 5.82 Å². The highest BCUT2D eigenvalue weighted by atomic mass is 15.0. The van der Waals surface area contributed by atoms with E-state index in [-0.39, 0.29) is 6.04 Å². The number of aromatic nitrogens is 1. The second kappa shape index (κ2) is 5.85. The summed E-state index contributed by atoms with van der Waals surface area (Å²) in [5.74, 6) is 0.900. The minimum atomic E-state index is -0.123. The molecular formula is C16H21N3. The smallest absolute Gasteiger partial charge is 0.126 e. The number of rotatable bonds is 4. The van der Waals surface area contributed by atoms with E-state index in [0.29, 0.717) is 6.04 Å². The molecule has 0 amide bonds. The van der Waals surface area contributed by atoms with Crippen molar-refractivity contribution in [2.75, 3.05) is 5.32 Å². The fraction of sp³-hybridized carbons (Fsp3) is 0.312. The van der Waals surface area contributed by atoms with Crippen molar-refractivity contribution in [2.24, 2.45) is 5.73 Å². The van der Waals surface area contributed by atoms with Gasteiger partial charge in [0.2, 0.25) is 0 Å². The van der Waals surface area contributed by atoms with Crippen LogP contribution in [0, 0.1) is 6.92 Å². The Kier molecular flexibility index (Phi) is 4.17. The lowest BCUT2D eigenvalue weighted by Gasteiger charge is -2.16. The van der Waals surface area contributed by atoms with Gasteiger partial charge in [-0.15, -0.1) is 0 Å². The van der Waals surface area contributed by atoms with Crippen LogP contribution < -0.4 is 11.1 Å². The Hall–Kier alpha value is -1.87. The molecule has 19 heavy (non-hydrogen) atoms. The molecule has 0 aliphatic rings. The van der Waals surface area contributed by atoms with Crippen LogP contribution in [0.15, 0.2) is 42.6 Å². The molecule has 0 bridgehead atoms. The van der Waals surface area contributed by atoms with Crippen molar-refractivity contribution < 1.29 is 0 Å². The van der Waals surface area contributed by atoms with Crippen molar-refractivity contribution in [1.29, 1.82) is 0 Å². The first-order chi connectivity index (χ1) is 9.08. The number of nitrogens with zero attached hydrogens (tertiary/aromatic N) is 1. The summed E-state index contributed by atoms with van der Waals surface area (Å²) in [6, 6.07) is 12.4. The van der Waals surface area contributed by atoms with Crippen molar-refractivity contribution in [3.8, 4) is 0 Å². The highest BCUT2D eigenvalue weighted by Gasteiger charge is 2.12. The SMILES string of the molecule is Cc1cc(NC(C)C)ncc1[C@H](N)c1ccccc1. The predicted octanol–water partition coefficient (Wildman–Crippen LogP) is 3.26. The molecular weight excluding hydrogens is 234 g/mol. The molecule has 3 heteroatoms. The Morgan fingerprint density at radius 1 is 1.16 bits per heavy atom. The Morgan fingerprint density at radius 3 is 2.42 bits per heavy atom. The van der Waals surface area contributed by atoms with Crippen LogP contribution in [0.5, 0.6) is 0 Å². The van der Waals surface area contributed by atoms with E-state index in [1.54, 1.807) is 0 Å². The van der Waals surface area contributed by atoms with E-state index in [2.05, 4.69) is 37.1 Å². The summed E-state index contributed by atoms with van der Waals surface area (Å²) in [5, 5.41) is 3.30. The van der Waals surface area contributed by atoms with Crippen molar-refractivity contribution in [3.63, 3.8) is 0 Å². The van der Waals surface area contributed by atoms with E-state index in [9.17, 15) is 0 Å². The average molecular weight is 255 g/mol. The zero-order valence-electron chi connectivity index (χ0n) is 11.7. The van der Waals surface area contributed by atoms with Crippen molar-refractivity contribution >= 4 is 5.82 Å². The fourth-order valence-corrected chi connectivity index (χ4v) is 2.11. The number of anilines is 1. The van der Waals surface area contributed by atoms with E-state index < -0.39 is 0 Å². The first-order valence-corrected chi connectivity index (χ1v) is 6.61. The lowest BCUT2D eigenvalue weighted by Crippen LogP contribution is -2.15. The summed E-state index contributed by atoms with van der Waals surface area (Å²) >= 11 is 0. The van der Waals surface area contributed by atoms with Gasteiger partial charge >= 0.3 is 0 Å². The number of benzene rings is 1. The number of nitrogens with two attached hydrogens (primary N) is 1. The predicted molar refractivity (Wildman–Crippen MR) is 80.2 cm³/mol. The normalized spacial score (nSPS) is 12.5. The quantitative estimate of drug-likeness (QED) is 0.881. The fourth-order valence-electron chi connectivity index (χ4n) is 2.11. The van der Waals surface area contributed by atoms with Gasteiger partial charge in [0.15, 0.2) is 0 Å². The van der Waals surface area contributed by atoms with Gasteiger partial charge in [-0.05, 0) is 43.5 Å². The second-order valence-corrected chi connectivity index (χ2v) is 5.11. The molecule has 1 atom stereocenters. The second-order valence-electron chi connectivity index (χ2n) is 5.11. The Balaban J connectivity index is 2.26. The standard InChI is InChI=1S/C16H21N3/c1-11(2)19-15-9-12(3)14(10-18-15)16(17)13-7-5-4-6-8-13/h4-11,16H,17H2,1-3H3,(H,18,19)/t16-/m1/s1.